The van der Waals surface area contributed by atoms with Crippen molar-refractivity contribution in [2.24, 2.45) is 0 Å². The Morgan fingerprint density at radius 2 is 2.00 bits per heavy atom. The largest absolute Gasteiger partial charge is 0.348 e. The Kier molecular flexibility index (Phi) is 4.47. The highest BCUT2D eigenvalue weighted by Gasteiger charge is 1.98. The lowest BCUT2D eigenvalue weighted by molar-refractivity contribution is -0.116. The van der Waals surface area contributed by atoms with E-state index in [2.05, 4.69) is 5.32 Å². The molecule has 0 radical (unpaired) electrons. The average Bonchev–Trinajstić information content (AvgIpc) is 2.81. The fraction of sp³-hybridized carbons (Fsp3) is 0.133. The van der Waals surface area contributed by atoms with Crippen LogP contribution in [-0.2, 0) is 11.3 Å². The Bertz CT molecular complexity index is 586. The van der Waals surface area contributed by atoms with Crippen molar-refractivity contribution in [3.8, 4) is 0 Å². The minimum atomic E-state index is -0.275. The maximum atomic E-state index is 12.7. The summed E-state index contributed by atoms with van der Waals surface area (Å²) in [5.41, 5.74) is 0.870. The van der Waals surface area contributed by atoms with Crippen LogP contribution in [0.1, 0.15) is 15.3 Å². The number of hydrogen-bond donors (Lipinski definition) is 1. The number of rotatable bonds is 4. The van der Waals surface area contributed by atoms with Crippen LogP contribution in [-0.4, -0.2) is 5.91 Å². The molecule has 0 fully saturated rings. The minimum Gasteiger partial charge on any atom is -0.348 e. The summed E-state index contributed by atoms with van der Waals surface area (Å²) in [5.74, 6) is -0.432. The monoisotopic (exact) mass is 275 g/mol. The second-order valence-corrected chi connectivity index (χ2v) is 5.45. The molecule has 0 aliphatic carbocycles. The highest BCUT2D eigenvalue weighted by molar-refractivity contribution is 7.12. The molecule has 1 heterocycles. The van der Waals surface area contributed by atoms with Gasteiger partial charge in [-0.3, -0.25) is 4.79 Å². The van der Waals surface area contributed by atoms with Crippen molar-refractivity contribution in [2.45, 2.75) is 13.5 Å². The molecule has 0 atom stereocenters. The molecular weight excluding hydrogens is 261 g/mol. The molecule has 2 nitrogen and oxygen atoms in total. The SMILES string of the molecule is Cc1ccc(/C=C/C(=O)NCc2ccc(F)cc2)s1. The minimum absolute atomic E-state index is 0.157. The van der Waals surface area contributed by atoms with Crippen molar-refractivity contribution >= 4 is 23.3 Å². The highest BCUT2D eigenvalue weighted by Crippen LogP contribution is 2.16. The van der Waals surface area contributed by atoms with Gasteiger partial charge in [0.25, 0.3) is 0 Å². The normalized spacial score (nSPS) is 10.8. The van der Waals surface area contributed by atoms with E-state index in [1.807, 2.05) is 19.1 Å². The molecule has 0 saturated carbocycles. The molecule has 0 aliphatic rings. The maximum absolute atomic E-state index is 12.7. The summed E-state index contributed by atoms with van der Waals surface area (Å²) >= 11 is 1.64. The number of carbonyl (C=O) groups excluding carboxylic acids is 1. The van der Waals surface area contributed by atoms with E-state index in [9.17, 15) is 9.18 Å². The molecule has 2 aromatic rings. The van der Waals surface area contributed by atoms with E-state index in [-0.39, 0.29) is 11.7 Å². The van der Waals surface area contributed by atoms with Gasteiger partial charge in [0, 0.05) is 22.4 Å². The number of halogens is 1. The highest BCUT2D eigenvalue weighted by atomic mass is 32.1. The predicted octanol–water partition coefficient (Wildman–Crippen LogP) is 3.53. The van der Waals surface area contributed by atoms with Crippen LogP contribution in [0.15, 0.2) is 42.5 Å². The third kappa shape index (κ3) is 4.34. The molecule has 0 bridgehead atoms. The summed E-state index contributed by atoms with van der Waals surface area (Å²) in [6.07, 6.45) is 3.30. The topological polar surface area (TPSA) is 29.1 Å². The van der Waals surface area contributed by atoms with Crippen molar-refractivity contribution in [3.63, 3.8) is 0 Å². The van der Waals surface area contributed by atoms with Gasteiger partial charge in [0.15, 0.2) is 0 Å². The standard InChI is InChI=1S/C15H14FNOS/c1-11-2-7-14(19-11)8-9-15(18)17-10-12-3-5-13(16)6-4-12/h2-9H,10H2,1H3,(H,17,18)/b9-8+. The van der Waals surface area contributed by atoms with Gasteiger partial charge >= 0.3 is 0 Å². The molecule has 0 saturated heterocycles. The molecule has 19 heavy (non-hydrogen) atoms. The summed E-state index contributed by atoms with van der Waals surface area (Å²) < 4.78 is 12.7. The molecule has 0 unspecified atom stereocenters. The van der Waals surface area contributed by atoms with Crippen molar-refractivity contribution < 1.29 is 9.18 Å². The van der Waals surface area contributed by atoms with Crippen molar-refractivity contribution in [1.29, 1.82) is 0 Å². The quantitative estimate of drug-likeness (QED) is 0.850. The van der Waals surface area contributed by atoms with Crippen LogP contribution in [0.2, 0.25) is 0 Å². The number of thiophene rings is 1. The van der Waals surface area contributed by atoms with Crippen LogP contribution in [0.4, 0.5) is 4.39 Å². The first-order valence-corrected chi connectivity index (χ1v) is 6.72. The fourth-order valence-electron chi connectivity index (χ4n) is 1.55. The number of benzene rings is 1. The van der Waals surface area contributed by atoms with E-state index >= 15 is 0 Å². The summed E-state index contributed by atoms with van der Waals surface area (Å²) in [7, 11) is 0. The van der Waals surface area contributed by atoms with E-state index in [1.54, 1.807) is 29.5 Å². The van der Waals surface area contributed by atoms with Crippen LogP contribution in [0.5, 0.6) is 0 Å². The molecule has 98 valence electrons. The fourth-order valence-corrected chi connectivity index (χ4v) is 2.33. The third-order valence-corrected chi connectivity index (χ3v) is 3.51. The second-order valence-electron chi connectivity index (χ2n) is 4.13. The van der Waals surface area contributed by atoms with Gasteiger partial charge in [-0.25, -0.2) is 4.39 Å². The van der Waals surface area contributed by atoms with Crippen LogP contribution < -0.4 is 5.32 Å². The lowest BCUT2D eigenvalue weighted by Crippen LogP contribution is -2.20. The summed E-state index contributed by atoms with van der Waals surface area (Å²) in [6, 6.07) is 10.1. The van der Waals surface area contributed by atoms with Crippen molar-refractivity contribution in [3.05, 3.63) is 63.6 Å². The van der Waals surface area contributed by atoms with Gasteiger partial charge in [0.1, 0.15) is 5.82 Å². The van der Waals surface area contributed by atoms with Gasteiger partial charge in [-0.05, 0) is 42.8 Å². The molecule has 0 aliphatic heterocycles. The molecule has 0 spiro atoms. The molecule has 1 amide bonds. The van der Waals surface area contributed by atoms with E-state index in [4.69, 9.17) is 0 Å². The van der Waals surface area contributed by atoms with Crippen LogP contribution >= 0.6 is 11.3 Å². The number of carbonyl (C=O) groups is 1. The van der Waals surface area contributed by atoms with Crippen molar-refractivity contribution in [1.82, 2.24) is 5.32 Å². The number of aryl methyl sites for hydroxylation is 1. The van der Waals surface area contributed by atoms with Crippen LogP contribution in [0.25, 0.3) is 6.08 Å². The van der Waals surface area contributed by atoms with Gasteiger partial charge in [-0.1, -0.05) is 12.1 Å². The number of amides is 1. The first kappa shape index (κ1) is 13.5. The third-order valence-electron chi connectivity index (χ3n) is 2.54. The lowest BCUT2D eigenvalue weighted by atomic mass is 10.2. The molecule has 4 heteroatoms. The van der Waals surface area contributed by atoms with Gasteiger partial charge < -0.3 is 5.32 Å². The second kappa shape index (κ2) is 6.29. The van der Waals surface area contributed by atoms with Gasteiger partial charge in [0.05, 0.1) is 0 Å². The lowest BCUT2D eigenvalue weighted by Gasteiger charge is -2.02. The van der Waals surface area contributed by atoms with Crippen LogP contribution in [0.3, 0.4) is 0 Å². The van der Waals surface area contributed by atoms with E-state index < -0.39 is 0 Å². The van der Waals surface area contributed by atoms with Gasteiger partial charge in [-0.15, -0.1) is 11.3 Å². The molecule has 1 N–H and O–H groups in total. The summed E-state index contributed by atoms with van der Waals surface area (Å²) in [6.45, 7) is 2.42. The Labute approximate surface area is 115 Å². The van der Waals surface area contributed by atoms with E-state index in [0.29, 0.717) is 6.54 Å². The predicted molar refractivity (Wildman–Crippen MR) is 76.3 cm³/mol. The number of hydrogen-bond acceptors (Lipinski definition) is 2. The Hall–Kier alpha value is -1.94. The van der Waals surface area contributed by atoms with E-state index in [0.717, 1.165) is 10.4 Å². The summed E-state index contributed by atoms with van der Waals surface area (Å²) in [4.78, 5) is 13.9. The van der Waals surface area contributed by atoms with Crippen LogP contribution in [0, 0.1) is 12.7 Å². The average molecular weight is 275 g/mol. The maximum Gasteiger partial charge on any atom is 0.244 e. The molecule has 1 aromatic carbocycles. The zero-order valence-corrected chi connectivity index (χ0v) is 11.3. The zero-order valence-electron chi connectivity index (χ0n) is 10.5. The smallest absolute Gasteiger partial charge is 0.244 e. The number of nitrogens with one attached hydrogen (secondary N) is 1. The van der Waals surface area contributed by atoms with Gasteiger partial charge in [0.2, 0.25) is 5.91 Å². The Morgan fingerprint density at radius 3 is 2.63 bits per heavy atom. The van der Waals surface area contributed by atoms with Crippen molar-refractivity contribution in [2.75, 3.05) is 0 Å². The summed E-state index contributed by atoms with van der Waals surface area (Å²) in [5, 5.41) is 2.75. The molecule has 2 rings (SSSR count). The molecular formula is C15H14FNOS. The first-order chi connectivity index (χ1) is 9.13. The van der Waals surface area contributed by atoms with Gasteiger partial charge in [-0.2, -0.15) is 0 Å². The Balaban J connectivity index is 1.84. The zero-order chi connectivity index (χ0) is 13.7. The van der Waals surface area contributed by atoms with E-state index in [1.165, 1.54) is 23.1 Å². The molecule has 1 aromatic heterocycles. The first-order valence-electron chi connectivity index (χ1n) is 5.90. The Morgan fingerprint density at radius 1 is 1.26 bits per heavy atom.